The summed E-state index contributed by atoms with van der Waals surface area (Å²) in [7, 11) is 0. The maximum Gasteiger partial charge on any atom is 0.451 e. The van der Waals surface area contributed by atoms with Gasteiger partial charge in [-0.1, -0.05) is 12.1 Å². The summed E-state index contributed by atoms with van der Waals surface area (Å²) in [5.41, 5.74) is 1.05. The van der Waals surface area contributed by atoms with Crippen molar-refractivity contribution in [1.29, 1.82) is 0 Å². The third kappa shape index (κ3) is 4.19. The number of alkyl halides is 3. The van der Waals surface area contributed by atoms with E-state index in [9.17, 15) is 18.3 Å². The Bertz CT molecular complexity index is 875. The Morgan fingerprint density at radius 1 is 1.16 bits per heavy atom. The Kier molecular flexibility index (Phi) is 4.80. The minimum atomic E-state index is -4.57. The number of benzene rings is 1. The number of hydrogen-bond acceptors (Lipinski definition) is 5. The summed E-state index contributed by atoms with van der Waals surface area (Å²) in [6.45, 7) is 2.31. The molecule has 2 heterocycles. The monoisotopic (exact) mass is 367 g/mol. The molecule has 0 aliphatic heterocycles. The maximum absolute atomic E-state index is 13.0. The SMILES string of the molecule is Cc1cc2c(NCCCc3ccc(O)cc3)nc(C(F)(F)F)nc2s1. The molecule has 0 bridgehead atoms. The molecular weight excluding hydrogens is 351 g/mol. The average Bonchev–Trinajstić information content (AvgIpc) is 2.92. The largest absolute Gasteiger partial charge is 0.508 e. The van der Waals surface area contributed by atoms with Gasteiger partial charge in [0.05, 0.1) is 5.39 Å². The van der Waals surface area contributed by atoms with E-state index in [1.54, 1.807) is 18.2 Å². The van der Waals surface area contributed by atoms with E-state index in [2.05, 4.69) is 15.3 Å². The van der Waals surface area contributed by atoms with E-state index in [4.69, 9.17) is 0 Å². The van der Waals surface area contributed by atoms with Crippen molar-refractivity contribution in [3.63, 3.8) is 0 Å². The van der Waals surface area contributed by atoms with Crippen LogP contribution in [0.5, 0.6) is 5.75 Å². The van der Waals surface area contributed by atoms with Gasteiger partial charge in [0.1, 0.15) is 16.4 Å². The zero-order chi connectivity index (χ0) is 18.0. The first-order chi connectivity index (χ1) is 11.8. The molecule has 0 unspecified atom stereocenters. The van der Waals surface area contributed by atoms with E-state index in [0.29, 0.717) is 16.8 Å². The lowest BCUT2D eigenvalue weighted by Gasteiger charge is -2.10. The summed E-state index contributed by atoms with van der Waals surface area (Å²) >= 11 is 1.22. The fourth-order valence-corrected chi connectivity index (χ4v) is 3.34. The molecule has 0 aliphatic carbocycles. The number of nitrogens with zero attached hydrogens (tertiary/aromatic N) is 2. The molecule has 0 saturated heterocycles. The van der Waals surface area contributed by atoms with Crippen molar-refractivity contribution in [1.82, 2.24) is 9.97 Å². The highest BCUT2D eigenvalue weighted by Gasteiger charge is 2.35. The number of phenols is 1. The molecule has 0 saturated carbocycles. The number of aromatic hydroxyl groups is 1. The molecule has 2 N–H and O–H groups in total. The molecule has 8 heteroatoms. The van der Waals surface area contributed by atoms with Crippen LogP contribution in [-0.4, -0.2) is 21.6 Å². The molecule has 0 fully saturated rings. The van der Waals surface area contributed by atoms with Crippen LogP contribution in [0.25, 0.3) is 10.2 Å². The van der Waals surface area contributed by atoms with E-state index in [-0.39, 0.29) is 11.6 Å². The molecule has 0 spiro atoms. The standard InChI is InChI=1S/C17H16F3N3OS/c1-10-9-13-14(22-16(17(18,19)20)23-15(13)25-10)21-8-2-3-11-4-6-12(24)7-5-11/h4-7,9,24H,2-3,8H2,1H3,(H,21,22,23). The lowest BCUT2D eigenvalue weighted by atomic mass is 10.1. The van der Waals surface area contributed by atoms with Crippen LogP contribution >= 0.6 is 11.3 Å². The van der Waals surface area contributed by atoms with Gasteiger partial charge in [-0.25, -0.2) is 9.97 Å². The van der Waals surface area contributed by atoms with E-state index in [1.165, 1.54) is 11.3 Å². The summed E-state index contributed by atoms with van der Waals surface area (Å²) in [5.74, 6) is -0.701. The van der Waals surface area contributed by atoms with Gasteiger partial charge in [0, 0.05) is 11.4 Å². The fraction of sp³-hybridized carbons (Fsp3) is 0.294. The highest BCUT2D eigenvalue weighted by atomic mass is 32.1. The molecule has 0 aliphatic rings. The summed E-state index contributed by atoms with van der Waals surface area (Å²) in [6.07, 6.45) is -3.11. The molecule has 3 aromatic rings. The first-order valence-electron chi connectivity index (χ1n) is 7.70. The van der Waals surface area contributed by atoms with Crippen molar-refractivity contribution >= 4 is 27.4 Å². The first kappa shape index (κ1) is 17.5. The van der Waals surface area contributed by atoms with Crippen molar-refractivity contribution in [3.05, 3.63) is 46.6 Å². The topological polar surface area (TPSA) is 58.0 Å². The number of anilines is 1. The lowest BCUT2D eigenvalue weighted by Crippen LogP contribution is -2.13. The number of aromatic nitrogens is 2. The molecule has 2 aromatic heterocycles. The van der Waals surface area contributed by atoms with Gasteiger partial charge in [-0.15, -0.1) is 11.3 Å². The zero-order valence-electron chi connectivity index (χ0n) is 13.4. The number of fused-ring (bicyclic) bond motifs is 1. The minimum absolute atomic E-state index is 0.206. The van der Waals surface area contributed by atoms with Crippen LogP contribution in [-0.2, 0) is 12.6 Å². The predicted molar refractivity (Wildman–Crippen MR) is 92.1 cm³/mol. The second-order valence-corrected chi connectivity index (χ2v) is 6.90. The summed E-state index contributed by atoms with van der Waals surface area (Å²) in [4.78, 5) is 8.52. The molecule has 132 valence electrons. The number of thiophene rings is 1. The van der Waals surface area contributed by atoms with E-state index >= 15 is 0 Å². The van der Waals surface area contributed by atoms with Crippen LogP contribution in [0, 0.1) is 6.92 Å². The van der Waals surface area contributed by atoms with E-state index in [0.717, 1.165) is 23.3 Å². The van der Waals surface area contributed by atoms with Crippen molar-refractivity contribution in [2.24, 2.45) is 0 Å². The molecule has 4 nitrogen and oxygen atoms in total. The van der Waals surface area contributed by atoms with E-state index < -0.39 is 12.0 Å². The van der Waals surface area contributed by atoms with Gasteiger partial charge in [-0.2, -0.15) is 13.2 Å². The maximum atomic E-state index is 13.0. The lowest BCUT2D eigenvalue weighted by molar-refractivity contribution is -0.144. The van der Waals surface area contributed by atoms with Gasteiger partial charge >= 0.3 is 6.18 Å². The third-order valence-electron chi connectivity index (χ3n) is 3.64. The summed E-state index contributed by atoms with van der Waals surface area (Å²) in [5, 5.41) is 12.9. The van der Waals surface area contributed by atoms with Gasteiger partial charge in [0.15, 0.2) is 0 Å². The number of hydrogen-bond donors (Lipinski definition) is 2. The molecule has 1 aromatic carbocycles. The van der Waals surface area contributed by atoms with Gasteiger partial charge in [-0.05, 0) is 43.5 Å². The van der Waals surface area contributed by atoms with E-state index in [1.807, 2.05) is 19.1 Å². The molecule has 3 rings (SSSR count). The number of rotatable bonds is 5. The van der Waals surface area contributed by atoms with Gasteiger partial charge in [0.2, 0.25) is 5.82 Å². The fourth-order valence-electron chi connectivity index (χ4n) is 2.47. The Balaban J connectivity index is 1.72. The summed E-state index contributed by atoms with van der Waals surface area (Å²) < 4.78 is 38.9. The van der Waals surface area contributed by atoms with Crippen molar-refractivity contribution < 1.29 is 18.3 Å². The van der Waals surface area contributed by atoms with Crippen molar-refractivity contribution in [3.8, 4) is 5.75 Å². The van der Waals surface area contributed by atoms with Crippen molar-refractivity contribution in [2.75, 3.05) is 11.9 Å². The number of halogens is 3. The van der Waals surface area contributed by atoms with Crippen LogP contribution in [0.15, 0.2) is 30.3 Å². The molecule has 25 heavy (non-hydrogen) atoms. The average molecular weight is 367 g/mol. The summed E-state index contributed by atoms with van der Waals surface area (Å²) in [6, 6.07) is 8.66. The smallest absolute Gasteiger partial charge is 0.451 e. The molecule has 0 atom stereocenters. The predicted octanol–water partition coefficient (Wildman–Crippen LogP) is 4.77. The van der Waals surface area contributed by atoms with Crippen LogP contribution in [0.2, 0.25) is 0 Å². The Morgan fingerprint density at radius 3 is 2.56 bits per heavy atom. The molecule has 0 amide bonds. The Morgan fingerprint density at radius 2 is 1.88 bits per heavy atom. The zero-order valence-corrected chi connectivity index (χ0v) is 14.2. The Hall–Kier alpha value is -2.35. The second kappa shape index (κ2) is 6.87. The van der Waals surface area contributed by atoms with Crippen LogP contribution in [0.4, 0.5) is 19.0 Å². The molecular formula is C17H16F3N3OS. The number of nitrogens with one attached hydrogen (secondary N) is 1. The first-order valence-corrected chi connectivity index (χ1v) is 8.52. The van der Waals surface area contributed by atoms with Gasteiger partial charge < -0.3 is 10.4 Å². The Labute approximate surface area is 146 Å². The number of aryl methyl sites for hydroxylation is 2. The van der Waals surface area contributed by atoms with Crippen LogP contribution in [0.1, 0.15) is 22.7 Å². The normalized spacial score (nSPS) is 11.8. The van der Waals surface area contributed by atoms with Crippen molar-refractivity contribution in [2.45, 2.75) is 25.9 Å². The quantitative estimate of drug-likeness (QED) is 0.638. The second-order valence-electron chi connectivity index (χ2n) is 5.67. The van der Waals surface area contributed by atoms with Crippen LogP contribution < -0.4 is 5.32 Å². The molecule has 0 radical (unpaired) electrons. The van der Waals surface area contributed by atoms with Gasteiger partial charge in [-0.3, -0.25) is 0 Å². The number of phenolic OH excluding ortho intramolecular Hbond substituents is 1. The highest BCUT2D eigenvalue weighted by Crippen LogP contribution is 2.33. The van der Waals surface area contributed by atoms with Gasteiger partial charge in [0.25, 0.3) is 0 Å². The van der Waals surface area contributed by atoms with Crippen LogP contribution in [0.3, 0.4) is 0 Å². The third-order valence-corrected chi connectivity index (χ3v) is 4.58. The highest BCUT2D eigenvalue weighted by molar-refractivity contribution is 7.18. The minimum Gasteiger partial charge on any atom is -0.508 e.